The van der Waals surface area contributed by atoms with Crippen LogP contribution in [0.3, 0.4) is 0 Å². The molecular weight excluding hydrogens is 256 g/mol. The summed E-state index contributed by atoms with van der Waals surface area (Å²) in [5.41, 5.74) is 1.92. The van der Waals surface area contributed by atoms with Gasteiger partial charge in [0.25, 0.3) is 0 Å². The first-order valence-electron chi connectivity index (χ1n) is 6.44. The summed E-state index contributed by atoms with van der Waals surface area (Å²) in [6.07, 6.45) is 4.52. The minimum absolute atomic E-state index is 0.133. The second-order valence-corrected chi connectivity index (χ2v) is 5.57. The third-order valence-electron chi connectivity index (χ3n) is 2.77. The van der Waals surface area contributed by atoms with Crippen molar-refractivity contribution < 1.29 is 4.79 Å². The molecule has 0 unspecified atom stereocenters. The summed E-state index contributed by atoms with van der Waals surface area (Å²) < 4.78 is 1.82. The Morgan fingerprint density at radius 1 is 1.42 bits per heavy atom. The number of carbonyl (C=O) groups excluding carboxylic acids is 1. The molecular formula is C15H18N2OS. The summed E-state index contributed by atoms with van der Waals surface area (Å²) in [7, 11) is 0. The fraction of sp³-hybridized carbons (Fsp3) is 0.333. The summed E-state index contributed by atoms with van der Waals surface area (Å²) >= 11 is 1.57. The van der Waals surface area contributed by atoms with E-state index in [1.165, 1.54) is 5.56 Å². The highest BCUT2D eigenvalue weighted by atomic mass is 32.2. The third-order valence-corrected chi connectivity index (χ3v) is 3.76. The topological polar surface area (TPSA) is 34.9 Å². The van der Waals surface area contributed by atoms with Crippen LogP contribution in [0.4, 0.5) is 0 Å². The van der Waals surface area contributed by atoms with Crippen LogP contribution in [0.25, 0.3) is 0 Å². The van der Waals surface area contributed by atoms with Crippen LogP contribution < -0.4 is 0 Å². The van der Waals surface area contributed by atoms with Crippen molar-refractivity contribution in [1.82, 2.24) is 9.78 Å². The van der Waals surface area contributed by atoms with Gasteiger partial charge in [-0.05, 0) is 25.5 Å². The molecule has 0 N–H and O–H groups in total. The second-order valence-electron chi connectivity index (χ2n) is 4.52. The van der Waals surface area contributed by atoms with Crippen molar-refractivity contribution in [3.05, 3.63) is 47.8 Å². The lowest BCUT2D eigenvalue weighted by atomic mass is 10.2. The molecule has 0 atom stereocenters. The molecule has 0 bridgehead atoms. The Hall–Kier alpha value is -1.55. The number of aryl methyl sites for hydroxylation is 2. The summed E-state index contributed by atoms with van der Waals surface area (Å²) in [5, 5.41) is 4.18. The predicted octanol–water partition coefficient (Wildman–Crippen LogP) is 3.58. The van der Waals surface area contributed by atoms with Gasteiger partial charge in [0.1, 0.15) is 0 Å². The molecule has 0 fully saturated rings. The van der Waals surface area contributed by atoms with Gasteiger partial charge >= 0.3 is 0 Å². The molecule has 4 heteroatoms. The molecule has 1 aromatic heterocycles. The minimum atomic E-state index is 0.133. The molecule has 1 aromatic carbocycles. The zero-order valence-electron chi connectivity index (χ0n) is 11.3. The Labute approximate surface area is 118 Å². The van der Waals surface area contributed by atoms with Gasteiger partial charge in [-0.1, -0.05) is 24.6 Å². The maximum atomic E-state index is 12.0. The van der Waals surface area contributed by atoms with Crippen molar-refractivity contribution in [2.24, 2.45) is 0 Å². The quantitative estimate of drug-likeness (QED) is 0.596. The van der Waals surface area contributed by atoms with Gasteiger partial charge in [-0.2, -0.15) is 5.10 Å². The van der Waals surface area contributed by atoms with Crippen LogP contribution in [0.15, 0.2) is 41.6 Å². The van der Waals surface area contributed by atoms with Crippen molar-refractivity contribution in [2.75, 3.05) is 5.75 Å². The highest BCUT2D eigenvalue weighted by Crippen LogP contribution is 2.20. The van der Waals surface area contributed by atoms with Crippen LogP contribution >= 0.6 is 11.8 Å². The maximum absolute atomic E-state index is 12.0. The standard InChI is InChI=1S/C15H18N2OS/c1-3-7-17-10-13(9-16-17)15(18)11-19-14-6-4-5-12(2)8-14/h4-6,8-10H,3,7,11H2,1-2H3. The predicted molar refractivity (Wildman–Crippen MR) is 78.8 cm³/mol. The lowest BCUT2D eigenvalue weighted by molar-refractivity contribution is 0.102. The Morgan fingerprint density at radius 3 is 3.00 bits per heavy atom. The maximum Gasteiger partial charge on any atom is 0.176 e. The van der Waals surface area contributed by atoms with Gasteiger partial charge < -0.3 is 0 Å². The lowest BCUT2D eigenvalue weighted by Crippen LogP contribution is -2.01. The molecule has 0 amide bonds. The average molecular weight is 274 g/mol. The Bertz CT molecular complexity index is 563. The number of rotatable bonds is 6. The molecule has 0 radical (unpaired) electrons. The van der Waals surface area contributed by atoms with Gasteiger partial charge in [0.05, 0.1) is 17.5 Å². The van der Waals surface area contributed by atoms with E-state index in [1.807, 2.05) is 23.0 Å². The van der Waals surface area contributed by atoms with Crippen LogP contribution in [-0.2, 0) is 6.54 Å². The number of thioether (sulfide) groups is 1. The lowest BCUT2D eigenvalue weighted by Gasteiger charge is -2.01. The van der Waals surface area contributed by atoms with Gasteiger partial charge in [0.2, 0.25) is 0 Å². The van der Waals surface area contributed by atoms with E-state index < -0.39 is 0 Å². The molecule has 0 aliphatic heterocycles. The van der Waals surface area contributed by atoms with Crippen molar-refractivity contribution in [1.29, 1.82) is 0 Å². The highest BCUT2D eigenvalue weighted by Gasteiger charge is 2.09. The van der Waals surface area contributed by atoms with Crippen molar-refractivity contribution in [3.63, 3.8) is 0 Å². The largest absolute Gasteiger partial charge is 0.293 e. The molecule has 19 heavy (non-hydrogen) atoms. The van der Waals surface area contributed by atoms with E-state index in [1.54, 1.807) is 18.0 Å². The van der Waals surface area contributed by atoms with E-state index in [0.717, 1.165) is 17.9 Å². The smallest absolute Gasteiger partial charge is 0.176 e. The van der Waals surface area contributed by atoms with Gasteiger partial charge in [-0.25, -0.2) is 0 Å². The number of aromatic nitrogens is 2. The Balaban J connectivity index is 1.93. The number of hydrogen-bond donors (Lipinski definition) is 0. The zero-order valence-corrected chi connectivity index (χ0v) is 12.1. The molecule has 100 valence electrons. The van der Waals surface area contributed by atoms with Crippen molar-refractivity contribution in [2.45, 2.75) is 31.7 Å². The summed E-state index contributed by atoms with van der Waals surface area (Å²) in [4.78, 5) is 13.2. The number of benzene rings is 1. The molecule has 0 aliphatic carbocycles. The monoisotopic (exact) mass is 274 g/mol. The minimum Gasteiger partial charge on any atom is -0.293 e. The van der Waals surface area contributed by atoms with Gasteiger partial charge in [0, 0.05) is 17.6 Å². The van der Waals surface area contributed by atoms with E-state index in [2.05, 4.69) is 31.1 Å². The molecule has 1 heterocycles. The van der Waals surface area contributed by atoms with E-state index in [0.29, 0.717) is 11.3 Å². The molecule has 0 saturated carbocycles. The number of ketones is 1. The van der Waals surface area contributed by atoms with Crippen molar-refractivity contribution >= 4 is 17.5 Å². The third kappa shape index (κ3) is 3.96. The summed E-state index contributed by atoms with van der Waals surface area (Å²) in [6, 6.07) is 8.20. The van der Waals surface area contributed by atoms with Crippen molar-refractivity contribution in [3.8, 4) is 0 Å². The van der Waals surface area contributed by atoms with E-state index >= 15 is 0 Å². The van der Waals surface area contributed by atoms with Crippen LogP contribution in [-0.4, -0.2) is 21.3 Å². The molecule has 0 saturated heterocycles. The number of Topliss-reactive ketones (excluding diaryl/α,β-unsaturated/α-hetero) is 1. The SMILES string of the molecule is CCCn1cc(C(=O)CSc2cccc(C)c2)cn1. The molecule has 3 nitrogen and oxygen atoms in total. The van der Waals surface area contributed by atoms with E-state index in [-0.39, 0.29) is 5.78 Å². The first kappa shape index (κ1) is 13.9. The number of nitrogens with zero attached hydrogens (tertiary/aromatic N) is 2. The summed E-state index contributed by atoms with van der Waals surface area (Å²) in [6.45, 7) is 5.01. The molecule has 2 rings (SSSR count). The van der Waals surface area contributed by atoms with Crippen LogP contribution in [0, 0.1) is 6.92 Å². The van der Waals surface area contributed by atoms with Gasteiger partial charge in [-0.3, -0.25) is 9.48 Å². The number of hydrogen-bond acceptors (Lipinski definition) is 3. The Kier molecular flexibility index (Phi) is 4.80. The normalized spacial score (nSPS) is 10.6. The second kappa shape index (κ2) is 6.57. The first-order valence-corrected chi connectivity index (χ1v) is 7.42. The Morgan fingerprint density at radius 2 is 2.26 bits per heavy atom. The number of carbonyl (C=O) groups is 1. The van der Waals surface area contributed by atoms with Gasteiger partial charge in [-0.15, -0.1) is 11.8 Å². The van der Waals surface area contributed by atoms with Crippen LogP contribution in [0.2, 0.25) is 0 Å². The average Bonchev–Trinajstić information content (AvgIpc) is 2.85. The van der Waals surface area contributed by atoms with Crippen LogP contribution in [0.5, 0.6) is 0 Å². The van der Waals surface area contributed by atoms with E-state index in [4.69, 9.17) is 0 Å². The fourth-order valence-electron chi connectivity index (χ4n) is 1.80. The first-order chi connectivity index (χ1) is 9.19. The van der Waals surface area contributed by atoms with Crippen LogP contribution in [0.1, 0.15) is 29.3 Å². The highest BCUT2D eigenvalue weighted by molar-refractivity contribution is 8.00. The summed E-state index contributed by atoms with van der Waals surface area (Å²) in [5.74, 6) is 0.593. The fourth-order valence-corrected chi connectivity index (χ4v) is 2.70. The molecule has 0 spiro atoms. The molecule has 2 aromatic rings. The van der Waals surface area contributed by atoms with E-state index in [9.17, 15) is 4.79 Å². The van der Waals surface area contributed by atoms with Gasteiger partial charge in [0.15, 0.2) is 5.78 Å². The zero-order chi connectivity index (χ0) is 13.7. The molecule has 0 aliphatic rings.